The summed E-state index contributed by atoms with van der Waals surface area (Å²) in [6.07, 6.45) is -0.470. The van der Waals surface area contributed by atoms with Crippen LogP contribution in [0.2, 0.25) is 0 Å². The Labute approximate surface area is 121 Å². The second kappa shape index (κ2) is 6.10. The zero-order valence-electron chi connectivity index (χ0n) is 12.7. The quantitative estimate of drug-likeness (QED) is 0.913. The van der Waals surface area contributed by atoms with Crippen LogP contribution in [0.5, 0.6) is 0 Å². The maximum Gasteiger partial charge on any atom is 0.0967 e. The third kappa shape index (κ3) is 3.20. The average molecular weight is 269 g/mol. The second-order valence-corrected chi connectivity index (χ2v) is 5.54. The van der Waals surface area contributed by atoms with Crippen molar-refractivity contribution >= 4 is 5.69 Å². The highest BCUT2D eigenvalue weighted by Crippen LogP contribution is 2.24. The topological polar surface area (TPSA) is 23.5 Å². The molecule has 1 N–H and O–H groups in total. The number of benzene rings is 2. The van der Waals surface area contributed by atoms with Gasteiger partial charge in [0.05, 0.1) is 6.10 Å². The Morgan fingerprint density at radius 2 is 1.70 bits per heavy atom. The normalized spacial score (nSPS) is 12.2. The van der Waals surface area contributed by atoms with E-state index in [0.29, 0.717) is 6.54 Å². The summed E-state index contributed by atoms with van der Waals surface area (Å²) in [5.74, 6) is 0. The standard InChI is InChI=1S/C18H23NO/c1-13-9-10-17(15(3)11-13)19(4)12-18(20)16-8-6-5-7-14(16)2/h5-11,18,20H,12H2,1-4H3. The van der Waals surface area contributed by atoms with Gasteiger partial charge in [0, 0.05) is 19.3 Å². The molecule has 0 aliphatic heterocycles. The minimum Gasteiger partial charge on any atom is -0.387 e. The Morgan fingerprint density at radius 1 is 1.00 bits per heavy atom. The van der Waals surface area contributed by atoms with Gasteiger partial charge in [0.25, 0.3) is 0 Å². The molecular formula is C18H23NO. The minimum absolute atomic E-state index is 0.470. The van der Waals surface area contributed by atoms with Crippen LogP contribution in [0.15, 0.2) is 42.5 Å². The van der Waals surface area contributed by atoms with Gasteiger partial charge in [-0.15, -0.1) is 0 Å². The molecule has 0 aliphatic rings. The summed E-state index contributed by atoms with van der Waals surface area (Å²) >= 11 is 0. The van der Waals surface area contributed by atoms with Crippen molar-refractivity contribution in [3.63, 3.8) is 0 Å². The van der Waals surface area contributed by atoms with E-state index in [1.807, 2.05) is 38.2 Å². The first kappa shape index (κ1) is 14.6. The second-order valence-electron chi connectivity index (χ2n) is 5.54. The predicted molar refractivity (Wildman–Crippen MR) is 85.3 cm³/mol. The first-order valence-electron chi connectivity index (χ1n) is 7.01. The van der Waals surface area contributed by atoms with Gasteiger partial charge in [0.15, 0.2) is 0 Å². The van der Waals surface area contributed by atoms with Crippen LogP contribution in [0.3, 0.4) is 0 Å². The molecule has 20 heavy (non-hydrogen) atoms. The summed E-state index contributed by atoms with van der Waals surface area (Å²) in [5.41, 5.74) is 5.81. The van der Waals surface area contributed by atoms with Crippen LogP contribution in [-0.2, 0) is 0 Å². The van der Waals surface area contributed by atoms with Gasteiger partial charge < -0.3 is 10.0 Å². The molecule has 0 aliphatic carbocycles. The van der Waals surface area contributed by atoms with Crippen molar-refractivity contribution in [2.75, 3.05) is 18.5 Å². The molecule has 2 aromatic carbocycles. The molecule has 0 fully saturated rings. The average Bonchev–Trinajstić information content (AvgIpc) is 2.38. The number of aliphatic hydroxyl groups excluding tert-OH is 1. The molecule has 0 amide bonds. The van der Waals surface area contributed by atoms with E-state index in [1.54, 1.807) is 0 Å². The van der Waals surface area contributed by atoms with E-state index in [-0.39, 0.29) is 0 Å². The van der Waals surface area contributed by atoms with Gasteiger partial charge in [0.2, 0.25) is 0 Å². The van der Waals surface area contributed by atoms with Gasteiger partial charge in [-0.3, -0.25) is 0 Å². The van der Waals surface area contributed by atoms with Crippen LogP contribution in [0.4, 0.5) is 5.69 Å². The predicted octanol–water partition coefficient (Wildman–Crippen LogP) is 3.78. The third-order valence-corrected chi connectivity index (χ3v) is 3.76. The molecule has 106 valence electrons. The smallest absolute Gasteiger partial charge is 0.0967 e. The first-order valence-corrected chi connectivity index (χ1v) is 7.01. The Hall–Kier alpha value is -1.80. The molecule has 0 saturated carbocycles. The summed E-state index contributed by atoms with van der Waals surface area (Å²) in [5, 5.41) is 10.4. The van der Waals surface area contributed by atoms with Crippen molar-refractivity contribution in [1.29, 1.82) is 0 Å². The van der Waals surface area contributed by atoms with Gasteiger partial charge in [-0.1, -0.05) is 42.0 Å². The Kier molecular flexibility index (Phi) is 4.46. The Bertz CT molecular complexity index is 592. The van der Waals surface area contributed by atoms with E-state index >= 15 is 0 Å². The molecule has 0 radical (unpaired) electrons. The van der Waals surface area contributed by atoms with Crippen LogP contribution < -0.4 is 4.90 Å². The third-order valence-electron chi connectivity index (χ3n) is 3.76. The lowest BCUT2D eigenvalue weighted by molar-refractivity contribution is 0.184. The van der Waals surface area contributed by atoms with E-state index in [2.05, 4.69) is 36.9 Å². The van der Waals surface area contributed by atoms with Crippen molar-refractivity contribution in [3.05, 3.63) is 64.7 Å². The number of likely N-dealkylation sites (N-methyl/N-ethyl adjacent to an activating group) is 1. The van der Waals surface area contributed by atoms with Crippen LogP contribution in [0.1, 0.15) is 28.4 Å². The lowest BCUT2D eigenvalue weighted by Gasteiger charge is -2.25. The molecule has 1 atom stereocenters. The van der Waals surface area contributed by atoms with Crippen molar-refractivity contribution < 1.29 is 5.11 Å². The van der Waals surface area contributed by atoms with Crippen LogP contribution in [0.25, 0.3) is 0 Å². The number of aliphatic hydroxyl groups is 1. The maximum absolute atomic E-state index is 10.4. The lowest BCUT2D eigenvalue weighted by atomic mass is 10.0. The highest BCUT2D eigenvalue weighted by atomic mass is 16.3. The SMILES string of the molecule is Cc1ccc(N(C)CC(O)c2ccccc2C)c(C)c1. The van der Waals surface area contributed by atoms with Crippen LogP contribution in [0, 0.1) is 20.8 Å². The van der Waals surface area contributed by atoms with Gasteiger partial charge in [-0.2, -0.15) is 0 Å². The number of aryl methyl sites for hydroxylation is 3. The number of nitrogens with zero attached hydrogens (tertiary/aromatic N) is 1. The molecule has 2 aromatic rings. The minimum atomic E-state index is -0.470. The van der Waals surface area contributed by atoms with Gasteiger partial charge in [0.1, 0.15) is 0 Å². The summed E-state index contributed by atoms with van der Waals surface area (Å²) in [6, 6.07) is 14.4. The number of anilines is 1. The van der Waals surface area contributed by atoms with E-state index < -0.39 is 6.10 Å². The van der Waals surface area contributed by atoms with Crippen molar-refractivity contribution in [1.82, 2.24) is 0 Å². The van der Waals surface area contributed by atoms with Gasteiger partial charge in [-0.25, -0.2) is 0 Å². The zero-order chi connectivity index (χ0) is 14.7. The highest BCUT2D eigenvalue weighted by Gasteiger charge is 2.14. The van der Waals surface area contributed by atoms with Crippen LogP contribution >= 0.6 is 0 Å². The summed E-state index contributed by atoms with van der Waals surface area (Å²) < 4.78 is 0. The van der Waals surface area contributed by atoms with E-state index in [4.69, 9.17) is 0 Å². The van der Waals surface area contributed by atoms with E-state index in [1.165, 1.54) is 16.8 Å². The number of hydrogen-bond donors (Lipinski definition) is 1. The maximum atomic E-state index is 10.4. The van der Waals surface area contributed by atoms with Crippen molar-refractivity contribution in [2.45, 2.75) is 26.9 Å². The molecule has 1 unspecified atom stereocenters. The first-order chi connectivity index (χ1) is 9.49. The molecular weight excluding hydrogens is 246 g/mol. The molecule has 0 heterocycles. The fraction of sp³-hybridized carbons (Fsp3) is 0.333. The molecule has 2 heteroatoms. The fourth-order valence-corrected chi connectivity index (χ4v) is 2.65. The van der Waals surface area contributed by atoms with Crippen LogP contribution in [-0.4, -0.2) is 18.7 Å². The Balaban J connectivity index is 2.15. The lowest BCUT2D eigenvalue weighted by Crippen LogP contribution is -2.25. The van der Waals surface area contributed by atoms with E-state index in [0.717, 1.165) is 11.1 Å². The summed E-state index contributed by atoms with van der Waals surface area (Å²) in [4.78, 5) is 2.12. The largest absolute Gasteiger partial charge is 0.387 e. The Morgan fingerprint density at radius 3 is 2.35 bits per heavy atom. The monoisotopic (exact) mass is 269 g/mol. The van der Waals surface area contributed by atoms with Crippen molar-refractivity contribution in [3.8, 4) is 0 Å². The molecule has 0 spiro atoms. The fourth-order valence-electron chi connectivity index (χ4n) is 2.65. The molecule has 2 rings (SSSR count). The van der Waals surface area contributed by atoms with Gasteiger partial charge in [-0.05, 0) is 43.5 Å². The highest BCUT2D eigenvalue weighted by molar-refractivity contribution is 5.54. The zero-order valence-corrected chi connectivity index (χ0v) is 12.7. The van der Waals surface area contributed by atoms with Gasteiger partial charge >= 0.3 is 0 Å². The molecule has 0 saturated heterocycles. The number of hydrogen-bond acceptors (Lipinski definition) is 2. The molecule has 0 aromatic heterocycles. The number of rotatable bonds is 4. The van der Waals surface area contributed by atoms with Crippen molar-refractivity contribution in [2.24, 2.45) is 0 Å². The van der Waals surface area contributed by atoms with E-state index in [9.17, 15) is 5.11 Å². The molecule has 2 nitrogen and oxygen atoms in total. The molecule has 0 bridgehead atoms. The summed E-state index contributed by atoms with van der Waals surface area (Å²) in [6.45, 7) is 6.84. The summed E-state index contributed by atoms with van der Waals surface area (Å²) in [7, 11) is 2.03.